The molecule has 0 radical (unpaired) electrons. The third-order valence-corrected chi connectivity index (χ3v) is 10.2. The number of rotatable bonds is 6. The van der Waals surface area contributed by atoms with E-state index < -0.39 is 0 Å². The Morgan fingerprint density at radius 2 is 0.774 bits per heavy atom. The van der Waals surface area contributed by atoms with Crippen LogP contribution in [0.5, 0.6) is 0 Å². The van der Waals surface area contributed by atoms with Crippen LogP contribution in [0.25, 0.3) is 77.0 Å². The summed E-state index contributed by atoms with van der Waals surface area (Å²) >= 11 is 0. The van der Waals surface area contributed by atoms with E-state index in [1.165, 1.54) is 21.5 Å². The van der Waals surface area contributed by atoms with Gasteiger partial charge in [-0.2, -0.15) is 0 Å². The number of benzene rings is 9. The molecule has 9 aromatic carbocycles. The van der Waals surface area contributed by atoms with Gasteiger partial charge in [0.1, 0.15) is 0 Å². The molecule has 3 nitrogen and oxygen atoms in total. The maximum absolute atomic E-state index is 5.36. The zero-order chi connectivity index (χ0) is 35.1. The Labute approximate surface area is 308 Å². The van der Waals surface area contributed by atoms with Crippen molar-refractivity contribution in [3.63, 3.8) is 0 Å². The normalized spacial score (nSPS) is 11.4. The zero-order valence-electron chi connectivity index (χ0n) is 28.9. The summed E-state index contributed by atoms with van der Waals surface area (Å²) in [6.45, 7) is 0. The maximum atomic E-state index is 5.36. The molecule has 0 spiro atoms. The number of aromatic nitrogens is 2. The molecule has 0 aliphatic heterocycles. The first-order valence-corrected chi connectivity index (χ1v) is 18.0. The first-order chi connectivity index (χ1) is 26.2. The molecular weight excluding hydrogens is 643 g/mol. The Morgan fingerprint density at radius 3 is 1.38 bits per heavy atom. The van der Waals surface area contributed by atoms with Gasteiger partial charge in [-0.1, -0.05) is 152 Å². The van der Waals surface area contributed by atoms with Gasteiger partial charge in [0.2, 0.25) is 0 Å². The standard InChI is InChI=1S/C50H33N3/c1-3-13-38(14-4-1)48-49(39-15-5-2-6-16-39)52-50-46-33-42(20-19-37(46)25-30-47(50)51-48)36-21-26-43(27-22-36)53(44-28-23-34-11-7-9-17-40(34)31-44)45-29-24-35-12-8-10-18-41(35)32-45/h1-33H. The van der Waals surface area contributed by atoms with Gasteiger partial charge in [-0.3, -0.25) is 0 Å². The van der Waals surface area contributed by atoms with Crippen molar-refractivity contribution in [3.8, 4) is 33.6 Å². The molecule has 0 bridgehead atoms. The van der Waals surface area contributed by atoms with Crippen LogP contribution in [0, 0.1) is 0 Å². The summed E-state index contributed by atoms with van der Waals surface area (Å²) in [5, 5.41) is 7.10. The van der Waals surface area contributed by atoms with Gasteiger partial charge in [-0.15, -0.1) is 0 Å². The Balaban J connectivity index is 1.09. The summed E-state index contributed by atoms with van der Waals surface area (Å²) in [7, 11) is 0. The Hall–Kier alpha value is -7.10. The van der Waals surface area contributed by atoms with Crippen LogP contribution in [0.1, 0.15) is 0 Å². The first kappa shape index (κ1) is 30.7. The zero-order valence-corrected chi connectivity index (χ0v) is 28.9. The number of hydrogen-bond acceptors (Lipinski definition) is 3. The third-order valence-electron chi connectivity index (χ3n) is 10.2. The molecule has 248 valence electrons. The highest BCUT2D eigenvalue weighted by Gasteiger charge is 2.17. The molecule has 53 heavy (non-hydrogen) atoms. The summed E-state index contributed by atoms with van der Waals surface area (Å²) in [5.74, 6) is 0. The maximum Gasteiger partial charge on any atom is 0.0973 e. The van der Waals surface area contributed by atoms with E-state index in [4.69, 9.17) is 9.97 Å². The Bertz CT molecular complexity index is 2860. The molecule has 0 unspecified atom stereocenters. The highest BCUT2D eigenvalue weighted by atomic mass is 15.1. The molecule has 3 heteroatoms. The number of hydrogen-bond donors (Lipinski definition) is 0. The average molecular weight is 676 g/mol. The van der Waals surface area contributed by atoms with Gasteiger partial charge < -0.3 is 4.90 Å². The molecule has 0 fully saturated rings. The first-order valence-electron chi connectivity index (χ1n) is 18.0. The van der Waals surface area contributed by atoms with Crippen LogP contribution in [0.15, 0.2) is 200 Å². The molecule has 0 aliphatic rings. The second-order valence-electron chi connectivity index (χ2n) is 13.5. The van der Waals surface area contributed by atoms with Crippen LogP contribution in [0.2, 0.25) is 0 Å². The summed E-state index contributed by atoms with van der Waals surface area (Å²) < 4.78 is 0. The minimum absolute atomic E-state index is 0.880. The summed E-state index contributed by atoms with van der Waals surface area (Å²) in [5.41, 5.74) is 11.3. The lowest BCUT2D eigenvalue weighted by Gasteiger charge is -2.26. The number of anilines is 3. The average Bonchev–Trinajstić information content (AvgIpc) is 3.24. The van der Waals surface area contributed by atoms with Gasteiger partial charge in [0.05, 0.1) is 22.4 Å². The smallest absolute Gasteiger partial charge is 0.0973 e. The van der Waals surface area contributed by atoms with Crippen molar-refractivity contribution in [2.45, 2.75) is 0 Å². The van der Waals surface area contributed by atoms with Crippen LogP contribution >= 0.6 is 0 Å². The Kier molecular flexibility index (Phi) is 7.47. The summed E-state index contributed by atoms with van der Waals surface area (Å²) in [6, 6.07) is 71.0. The lowest BCUT2D eigenvalue weighted by Crippen LogP contribution is -2.09. The van der Waals surface area contributed by atoms with Gasteiger partial charge in [0.15, 0.2) is 0 Å². The van der Waals surface area contributed by atoms with Crippen molar-refractivity contribution in [1.29, 1.82) is 0 Å². The summed E-state index contributed by atoms with van der Waals surface area (Å²) in [6.07, 6.45) is 0. The Morgan fingerprint density at radius 1 is 0.302 bits per heavy atom. The molecule has 0 aliphatic carbocycles. The van der Waals surface area contributed by atoms with Crippen molar-refractivity contribution in [2.75, 3.05) is 4.90 Å². The fraction of sp³-hybridized carbons (Fsp3) is 0. The molecule has 0 atom stereocenters. The van der Waals surface area contributed by atoms with Crippen molar-refractivity contribution in [2.24, 2.45) is 0 Å². The van der Waals surface area contributed by atoms with Gasteiger partial charge in [0.25, 0.3) is 0 Å². The second kappa shape index (κ2) is 12.9. The highest BCUT2D eigenvalue weighted by molar-refractivity contribution is 6.07. The third kappa shape index (κ3) is 5.65. The minimum atomic E-state index is 0.880. The predicted molar refractivity (Wildman–Crippen MR) is 223 cm³/mol. The van der Waals surface area contributed by atoms with Crippen molar-refractivity contribution < 1.29 is 0 Å². The molecule has 10 aromatic rings. The summed E-state index contributed by atoms with van der Waals surface area (Å²) in [4.78, 5) is 12.9. The van der Waals surface area contributed by atoms with E-state index in [-0.39, 0.29) is 0 Å². The largest absolute Gasteiger partial charge is 0.310 e. The number of nitrogens with zero attached hydrogens (tertiary/aromatic N) is 3. The van der Waals surface area contributed by atoms with E-state index in [9.17, 15) is 0 Å². The number of fused-ring (bicyclic) bond motifs is 5. The van der Waals surface area contributed by atoms with Crippen molar-refractivity contribution >= 4 is 60.4 Å². The van der Waals surface area contributed by atoms with E-state index in [2.05, 4.69) is 193 Å². The second-order valence-corrected chi connectivity index (χ2v) is 13.5. The van der Waals surface area contributed by atoms with E-state index in [1.54, 1.807) is 0 Å². The lowest BCUT2D eigenvalue weighted by molar-refractivity contribution is 1.29. The quantitative estimate of drug-likeness (QED) is 0.164. The van der Waals surface area contributed by atoms with Gasteiger partial charge in [-0.25, -0.2) is 9.97 Å². The topological polar surface area (TPSA) is 29.0 Å². The monoisotopic (exact) mass is 675 g/mol. The van der Waals surface area contributed by atoms with E-state index in [0.717, 1.165) is 72.5 Å². The molecular formula is C50H33N3. The van der Waals surface area contributed by atoms with E-state index in [0.29, 0.717) is 0 Å². The predicted octanol–water partition coefficient (Wildman–Crippen LogP) is 13.6. The van der Waals surface area contributed by atoms with Crippen LogP contribution < -0.4 is 4.90 Å². The molecule has 1 heterocycles. The highest BCUT2D eigenvalue weighted by Crippen LogP contribution is 2.39. The molecule has 1 aromatic heterocycles. The van der Waals surface area contributed by atoms with Gasteiger partial charge in [0, 0.05) is 33.6 Å². The SMILES string of the molecule is c1ccc(-c2nc3ccc4ccc(-c5ccc(N(c6ccc7ccccc7c6)c6ccc7ccccc7c6)cc5)cc4c3nc2-c2ccccc2)cc1. The van der Waals surface area contributed by atoms with Crippen molar-refractivity contribution in [3.05, 3.63) is 200 Å². The van der Waals surface area contributed by atoms with Crippen LogP contribution in [-0.4, -0.2) is 9.97 Å². The molecule has 0 saturated carbocycles. The fourth-order valence-corrected chi connectivity index (χ4v) is 7.49. The van der Waals surface area contributed by atoms with Crippen LogP contribution in [-0.2, 0) is 0 Å². The lowest BCUT2D eigenvalue weighted by atomic mass is 9.98. The van der Waals surface area contributed by atoms with Crippen molar-refractivity contribution in [1.82, 2.24) is 9.97 Å². The minimum Gasteiger partial charge on any atom is -0.310 e. The fourth-order valence-electron chi connectivity index (χ4n) is 7.49. The molecule has 0 N–H and O–H groups in total. The van der Waals surface area contributed by atoms with E-state index >= 15 is 0 Å². The molecule has 0 saturated heterocycles. The van der Waals surface area contributed by atoms with Crippen LogP contribution in [0.4, 0.5) is 17.1 Å². The van der Waals surface area contributed by atoms with Gasteiger partial charge in [-0.05, 0) is 86.6 Å². The molecule has 0 amide bonds. The van der Waals surface area contributed by atoms with Crippen LogP contribution in [0.3, 0.4) is 0 Å². The van der Waals surface area contributed by atoms with Gasteiger partial charge >= 0.3 is 0 Å². The molecule has 10 rings (SSSR count). The van der Waals surface area contributed by atoms with E-state index in [1.807, 2.05) is 12.1 Å².